The predicted octanol–water partition coefficient (Wildman–Crippen LogP) is 6.00. The third kappa shape index (κ3) is 5.12. The van der Waals surface area contributed by atoms with E-state index in [-0.39, 0.29) is 16.6 Å². The highest BCUT2D eigenvalue weighted by atomic mass is 35.5. The van der Waals surface area contributed by atoms with Crippen LogP contribution in [0.15, 0.2) is 71.4 Å². The van der Waals surface area contributed by atoms with E-state index in [1.807, 2.05) is 6.92 Å². The first kappa shape index (κ1) is 24.6. The number of anilines is 3. The van der Waals surface area contributed by atoms with Crippen LogP contribution in [0.5, 0.6) is 5.75 Å². The Bertz CT molecular complexity index is 1370. The van der Waals surface area contributed by atoms with Gasteiger partial charge in [0.1, 0.15) is 16.5 Å². The number of imide groups is 1. The van der Waals surface area contributed by atoms with Crippen molar-refractivity contribution in [2.45, 2.75) is 6.92 Å². The Balaban J connectivity index is 1.51. The smallest absolute Gasteiger partial charge is 0.283 e. The van der Waals surface area contributed by atoms with Crippen molar-refractivity contribution in [1.29, 1.82) is 0 Å². The molecule has 0 fully saturated rings. The number of aryl methyl sites for hydroxylation is 1. The maximum absolute atomic E-state index is 13.1. The summed E-state index contributed by atoms with van der Waals surface area (Å²) in [5.74, 6) is -1.31. The molecule has 0 bridgehead atoms. The molecule has 3 amide bonds. The van der Waals surface area contributed by atoms with E-state index in [2.05, 4.69) is 10.6 Å². The molecule has 3 aromatic rings. The number of carbonyl (C=O) groups excluding carboxylic acids is 3. The van der Waals surface area contributed by atoms with Gasteiger partial charge in [-0.25, -0.2) is 4.90 Å². The molecule has 1 heterocycles. The molecule has 1 aliphatic heterocycles. The number of nitrogens with one attached hydrogen (secondary N) is 2. The number of hydrogen-bond acceptors (Lipinski definition) is 5. The number of halogens is 3. The zero-order valence-corrected chi connectivity index (χ0v) is 20.8. The van der Waals surface area contributed by atoms with Crippen molar-refractivity contribution in [2.75, 3.05) is 22.6 Å². The minimum Gasteiger partial charge on any atom is -0.495 e. The minimum absolute atomic E-state index is 0.0778. The average Bonchev–Trinajstić information content (AvgIpc) is 3.01. The van der Waals surface area contributed by atoms with E-state index in [1.54, 1.807) is 60.7 Å². The molecular weight excluding hydrogens is 513 g/mol. The maximum Gasteiger partial charge on any atom is 0.283 e. The van der Waals surface area contributed by atoms with E-state index < -0.39 is 11.8 Å². The Morgan fingerprint density at radius 1 is 0.857 bits per heavy atom. The molecule has 178 valence electrons. The number of ether oxygens (including phenoxy) is 1. The van der Waals surface area contributed by atoms with Crippen LogP contribution in [0.3, 0.4) is 0 Å². The first-order chi connectivity index (χ1) is 16.7. The van der Waals surface area contributed by atoms with Crippen LogP contribution in [0.25, 0.3) is 0 Å². The van der Waals surface area contributed by atoms with E-state index in [0.29, 0.717) is 38.4 Å². The SMILES string of the molecule is COc1ccc(C)cc1N1C(=O)C(Cl)=C(Nc2ccc(C(=O)Nc3cc(Cl)cc(Cl)c3)cc2)C1=O. The zero-order chi connectivity index (χ0) is 25.3. The van der Waals surface area contributed by atoms with E-state index in [4.69, 9.17) is 39.5 Å². The number of hydrogen-bond donors (Lipinski definition) is 2. The lowest BCUT2D eigenvalue weighted by atomic mass is 10.1. The van der Waals surface area contributed by atoms with Gasteiger partial charge in [0.05, 0.1) is 12.8 Å². The van der Waals surface area contributed by atoms with Gasteiger partial charge in [-0.05, 0) is 67.1 Å². The summed E-state index contributed by atoms with van der Waals surface area (Å²) >= 11 is 18.2. The molecule has 0 saturated carbocycles. The predicted molar refractivity (Wildman–Crippen MR) is 138 cm³/mol. The van der Waals surface area contributed by atoms with Crippen LogP contribution in [0.2, 0.25) is 10.0 Å². The van der Waals surface area contributed by atoms with E-state index in [9.17, 15) is 14.4 Å². The summed E-state index contributed by atoms with van der Waals surface area (Å²) in [4.78, 5) is 39.4. The van der Waals surface area contributed by atoms with Crippen molar-refractivity contribution in [2.24, 2.45) is 0 Å². The van der Waals surface area contributed by atoms with Crippen LogP contribution >= 0.6 is 34.8 Å². The van der Waals surface area contributed by atoms with Crippen molar-refractivity contribution in [3.63, 3.8) is 0 Å². The Morgan fingerprint density at radius 2 is 1.51 bits per heavy atom. The Labute approximate surface area is 216 Å². The van der Waals surface area contributed by atoms with Crippen molar-refractivity contribution in [3.05, 3.63) is 92.6 Å². The second kappa shape index (κ2) is 10.00. The molecule has 0 saturated heterocycles. The number of rotatable bonds is 6. The third-order valence-corrected chi connectivity index (χ3v) is 5.93. The highest BCUT2D eigenvalue weighted by molar-refractivity contribution is 6.53. The van der Waals surface area contributed by atoms with Crippen molar-refractivity contribution in [3.8, 4) is 5.75 Å². The van der Waals surface area contributed by atoms with Crippen LogP contribution in [0, 0.1) is 6.92 Å². The Hall–Kier alpha value is -3.52. The molecule has 2 N–H and O–H groups in total. The van der Waals surface area contributed by atoms with Gasteiger partial charge < -0.3 is 15.4 Å². The summed E-state index contributed by atoms with van der Waals surface area (Å²) in [5.41, 5.74) is 2.32. The van der Waals surface area contributed by atoms with E-state index >= 15 is 0 Å². The molecule has 0 atom stereocenters. The van der Waals surface area contributed by atoms with E-state index in [0.717, 1.165) is 10.5 Å². The van der Waals surface area contributed by atoms with Gasteiger partial charge in [0.25, 0.3) is 17.7 Å². The fourth-order valence-corrected chi connectivity index (χ4v) is 4.22. The lowest BCUT2D eigenvalue weighted by molar-refractivity contribution is -0.120. The van der Waals surface area contributed by atoms with Gasteiger partial charge in [-0.3, -0.25) is 14.4 Å². The van der Waals surface area contributed by atoms with Crippen LogP contribution < -0.4 is 20.3 Å². The van der Waals surface area contributed by atoms with Crippen molar-refractivity contribution < 1.29 is 19.1 Å². The molecule has 4 rings (SSSR count). The molecule has 10 heteroatoms. The van der Waals surface area contributed by atoms with E-state index in [1.165, 1.54) is 7.11 Å². The van der Waals surface area contributed by atoms with Gasteiger partial charge in [0, 0.05) is 27.0 Å². The van der Waals surface area contributed by atoms with Crippen molar-refractivity contribution >= 4 is 69.6 Å². The topological polar surface area (TPSA) is 87.7 Å². The second-order valence-corrected chi connectivity index (χ2v) is 8.88. The van der Waals surface area contributed by atoms with Gasteiger partial charge >= 0.3 is 0 Å². The number of amides is 3. The Kier molecular flexibility index (Phi) is 7.03. The van der Waals surface area contributed by atoms with Gasteiger partial charge in [0.15, 0.2) is 0 Å². The van der Waals surface area contributed by atoms with Crippen molar-refractivity contribution in [1.82, 2.24) is 0 Å². The molecule has 0 aromatic heterocycles. The summed E-state index contributed by atoms with van der Waals surface area (Å²) in [6.45, 7) is 1.83. The standard InChI is InChI=1S/C25H18Cl3N3O4/c1-13-3-8-20(35-2)19(9-13)31-24(33)21(28)22(25(31)34)29-17-6-4-14(5-7-17)23(32)30-18-11-15(26)10-16(27)12-18/h3-12,29H,1-2H3,(H,30,32). The normalized spacial score (nSPS) is 13.3. The number of methoxy groups -OCH3 is 1. The van der Waals surface area contributed by atoms with Gasteiger partial charge in [0.2, 0.25) is 0 Å². The summed E-state index contributed by atoms with van der Waals surface area (Å²) < 4.78 is 5.31. The molecule has 1 aliphatic rings. The fraction of sp³-hybridized carbons (Fsp3) is 0.0800. The number of benzene rings is 3. The summed E-state index contributed by atoms with van der Waals surface area (Å²) in [6, 6.07) is 16.1. The second-order valence-electron chi connectivity index (χ2n) is 7.62. The maximum atomic E-state index is 13.1. The highest BCUT2D eigenvalue weighted by Gasteiger charge is 2.40. The van der Waals surface area contributed by atoms with Crippen LogP contribution in [0.1, 0.15) is 15.9 Å². The lowest BCUT2D eigenvalue weighted by Gasteiger charge is -2.18. The monoisotopic (exact) mass is 529 g/mol. The average molecular weight is 531 g/mol. The zero-order valence-electron chi connectivity index (χ0n) is 18.5. The molecule has 3 aromatic carbocycles. The molecule has 0 aliphatic carbocycles. The molecule has 0 spiro atoms. The summed E-state index contributed by atoms with van der Waals surface area (Å²) in [6.07, 6.45) is 0. The third-order valence-electron chi connectivity index (χ3n) is 5.14. The van der Waals surface area contributed by atoms with Gasteiger partial charge in [-0.15, -0.1) is 0 Å². The van der Waals surface area contributed by atoms with Crippen LogP contribution in [-0.4, -0.2) is 24.8 Å². The molecule has 7 nitrogen and oxygen atoms in total. The Morgan fingerprint density at radius 3 is 2.14 bits per heavy atom. The number of carbonyl (C=O) groups is 3. The molecular formula is C25H18Cl3N3O4. The first-order valence-corrected chi connectivity index (χ1v) is 11.4. The molecule has 0 unspecified atom stereocenters. The molecule has 35 heavy (non-hydrogen) atoms. The summed E-state index contributed by atoms with van der Waals surface area (Å²) in [5, 5.41) is 6.13. The minimum atomic E-state index is -0.667. The lowest BCUT2D eigenvalue weighted by Crippen LogP contribution is -2.32. The fourth-order valence-electron chi connectivity index (χ4n) is 3.48. The molecule has 0 radical (unpaired) electrons. The van der Waals surface area contributed by atoms with Crippen LogP contribution in [-0.2, 0) is 9.59 Å². The number of nitrogens with zero attached hydrogens (tertiary/aromatic N) is 1. The van der Waals surface area contributed by atoms with Gasteiger partial charge in [-0.2, -0.15) is 0 Å². The largest absolute Gasteiger partial charge is 0.495 e. The quantitative estimate of drug-likeness (QED) is 0.382. The first-order valence-electron chi connectivity index (χ1n) is 10.3. The summed E-state index contributed by atoms with van der Waals surface area (Å²) in [7, 11) is 1.45. The van der Waals surface area contributed by atoms with Gasteiger partial charge in [-0.1, -0.05) is 40.9 Å². The van der Waals surface area contributed by atoms with Crippen LogP contribution in [0.4, 0.5) is 17.1 Å². The highest BCUT2D eigenvalue weighted by Crippen LogP contribution is 2.36.